The first-order valence-corrected chi connectivity index (χ1v) is 11.9. The van der Waals surface area contributed by atoms with E-state index in [9.17, 15) is 4.79 Å². The van der Waals surface area contributed by atoms with E-state index in [2.05, 4.69) is 64.7 Å². The third-order valence-corrected chi connectivity index (χ3v) is 7.05. The lowest BCUT2D eigenvalue weighted by molar-refractivity contribution is 0.0601. The van der Waals surface area contributed by atoms with Crippen LogP contribution in [0.5, 0.6) is 0 Å². The first-order chi connectivity index (χ1) is 16.1. The van der Waals surface area contributed by atoms with Gasteiger partial charge in [-0.25, -0.2) is 4.79 Å². The largest absolute Gasteiger partial charge is 0.465 e. The van der Waals surface area contributed by atoms with Gasteiger partial charge in [-0.3, -0.25) is 4.98 Å². The summed E-state index contributed by atoms with van der Waals surface area (Å²) in [7, 11) is 3.55. The predicted octanol–water partition coefficient (Wildman–Crippen LogP) is 6.05. The Morgan fingerprint density at radius 3 is 2.64 bits per heavy atom. The molecule has 0 saturated heterocycles. The van der Waals surface area contributed by atoms with Crippen molar-refractivity contribution < 1.29 is 9.53 Å². The highest BCUT2D eigenvalue weighted by molar-refractivity contribution is 5.95. The van der Waals surface area contributed by atoms with Crippen LogP contribution in [0.3, 0.4) is 0 Å². The molecule has 1 N–H and O–H groups in total. The number of ether oxygens (including phenoxy) is 1. The molecule has 1 atom stereocenters. The maximum absolute atomic E-state index is 12.1. The number of benzene rings is 2. The summed E-state index contributed by atoms with van der Waals surface area (Å²) in [5.41, 5.74) is 7.99. The lowest BCUT2D eigenvalue weighted by atomic mass is 9.82. The molecule has 2 aliphatic carbocycles. The Kier molecular flexibility index (Phi) is 6.03. The molecular formula is C28H31N3O2. The monoisotopic (exact) mass is 441 g/mol. The number of hydrogen-bond acceptors (Lipinski definition) is 5. The van der Waals surface area contributed by atoms with Gasteiger partial charge in [0.15, 0.2) is 0 Å². The molecule has 3 aromatic rings. The Balaban J connectivity index is 1.31. The molecule has 170 valence electrons. The summed E-state index contributed by atoms with van der Waals surface area (Å²) < 4.78 is 4.91. The van der Waals surface area contributed by atoms with Gasteiger partial charge >= 0.3 is 5.97 Å². The number of hydrogen-bond donors (Lipinski definition) is 1. The number of anilines is 3. The van der Waals surface area contributed by atoms with Gasteiger partial charge in [-0.1, -0.05) is 18.2 Å². The average molecular weight is 442 g/mol. The fourth-order valence-corrected chi connectivity index (χ4v) is 4.91. The van der Waals surface area contributed by atoms with Crippen molar-refractivity contribution in [3.05, 3.63) is 83.2 Å². The van der Waals surface area contributed by atoms with Gasteiger partial charge in [0, 0.05) is 37.1 Å². The zero-order valence-electron chi connectivity index (χ0n) is 19.4. The molecule has 1 aromatic heterocycles. The van der Waals surface area contributed by atoms with E-state index in [1.165, 1.54) is 54.4 Å². The van der Waals surface area contributed by atoms with Crippen molar-refractivity contribution in [2.45, 2.75) is 43.9 Å². The van der Waals surface area contributed by atoms with E-state index in [4.69, 9.17) is 4.74 Å². The summed E-state index contributed by atoms with van der Waals surface area (Å²) in [5.74, 6) is 0.840. The van der Waals surface area contributed by atoms with Crippen molar-refractivity contribution in [3.63, 3.8) is 0 Å². The number of nitrogens with one attached hydrogen (secondary N) is 1. The van der Waals surface area contributed by atoms with Crippen LogP contribution in [0.2, 0.25) is 0 Å². The third-order valence-electron chi connectivity index (χ3n) is 7.05. The van der Waals surface area contributed by atoms with Crippen molar-refractivity contribution in [1.82, 2.24) is 4.98 Å². The van der Waals surface area contributed by atoms with Gasteiger partial charge in [0.05, 0.1) is 24.6 Å². The molecule has 1 heterocycles. The number of methoxy groups -OCH3 is 1. The fraction of sp³-hybridized carbons (Fsp3) is 0.357. The summed E-state index contributed by atoms with van der Waals surface area (Å²) in [6, 6.07) is 17.6. The van der Waals surface area contributed by atoms with Crippen LogP contribution in [0.1, 0.15) is 64.6 Å². The smallest absolute Gasteiger partial charge is 0.340 e. The molecule has 0 aliphatic heterocycles. The van der Waals surface area contributed by atoms with E-state index in [1.807, 2.05) is 0 Å². The van der Waals surface area contributed by atoms with E-state index in [1.54, 1.807) is 18.5 Å². The lowest BCUT2D eigenvalue weighted by Crippen LogP contribution is -2.20. The molecular weight excluding hydrogens is 410 g/mol. The Morgan fingerprint density at radius 1 is 1.09 bits per heavy atom. The zero-order valence-corrected chi connectivity index (χ0v) is 19.4. The summed E-state index contributed by atoms with van der Waals surface area (Å²) in [6.07, 6.45) is 9.38. The second kappa shape index (κ2) is 9.26. The van der Waals surface area contributed by atoms with Crippen LogP contribution >= 0.6 is 0 Å². The summed E-state index contributed by atoms with van der Waals surface area (Å²) in [4.78, 5) is 18.5. The molecule has 0 bridgehead atoms. The predicted molar refractivity (Wildman–Crippen MR) is 133 cm³/mol. The van der Waals surface area contributed by atoms with E-state index >= 15 is 0 Å². The maximum Gasteiger partial charge on any atom is 0.340 e. The van der Waals surface area contributed by atoms with Crippen molar-refractivity contribution in [1.29, 1.82) is 0 Å². The Labute approximate surface area is 195 Å². The van der Waals surface area contributed by atoms with Crippen LogP contribution in [-0.2, 0) is 11.2 Å². The Morgan fingerprint density at radius 2 is 1.88 bits per heavy atom. The minimum absolute atomic E-state index is 0.346. The SMILES string of the molecule is COC(=O)c1ccncc1NC[C@@H]1CCCc2cc(N(C)c3ccc(C4CC4)cc3)ccc21. The van der Waals surface area contributed by atoms with Gasteiger partial charge in [-0.15, -0.1) is 0 Å². The standard InChI is InChI=1S/C28H31N3O2/c1-31(23-10-8-20(9-11-23)19-6-7-19)24-12-13-25-21(16-24)4-3-5-22(25)17-30-27-18-29-15-14-26(27)28(32)33-2/h8-16,18-19,22,30H,3-7,17H2,1-2H3/t22-/m0/s1. The molecule has 0 amide bonds. The normalized spacial score (nSPS) is 17.2. The number of pyridine rings is 1. The number of esters is 1. The van der Waals surface area contributed by atoms with Crippen LogP contribution < -0.4 is 10.2 Å². The van der Waals surface area contributed by atoms with Crippen LogP contribution in [-0.4, -0.2) is 31.7 Å². The Bertz CT molecular complexity index is 1140. The first-order valence-electron chi connectivity index (χ1n) is 11.9. The van der Waals surface area contributed by atoms with Crippen molar-refractivity contribution in [2.24, 2.45) is 0 Å². The van der Waals surface area contributed by atoms with Crippen LogP contribution in [0.25, 0.3) is 0 Å². The molecule has 2 aliphatic rings. The maximum atomic E-state index is 12.1. The quantitative estimate of drug-likeness (QED) is 0.453. The zero-order chi connectivity index (χ0) is 22.8. The molecule has 0 spiro atoms. The van der Waals surface area contributed by atoms with Gasteiger partial charge in [0.2, 0.25) is 0 Å². The van der Waals surface area contributed by atoms with E-state index in [-0.39, 0.29) is 5.97 Å². The minimum Gasteiger partial charge on any atom is -0.465 e. The van der Waals surface area contributed by atoms with Gasteiger partial charge in [0.25, 0.3) is 0 Å². The molecule has 1 saturated carbocycles. The van der Waals surface area contributed by atoms with E-state index in [0.29, 0.717) is 11.5 Å². The number of nitrogens with zero attached hydrogens (tertiary/aromatic N) is 2. The number of aryl methyl sites for hydroxylation is 1. The van der Waals surface area contributed by atoms with Gasteiger partial charge in [-0.2, -0.15) is 0 Å². The number of fused-ring (bicyclic) bond motifs is 1. The number of rotatable bonds is 7. The van der Waals surface area contributed by atoms with Crippen molar-refractivity contribution in [3.8, 4) is 0 Å². The van der Waals surface area contributed by atoms with Crippen molar-refractivity contribution >= 4 is 23.0 Å². The van der Waals surface area contributed by atoms with Gasteiger partial charge < -0.3 is 15.0 Å². The molecule has 5 nitrogen and oxygen atoms in total. The number of aromatic nitrogens is 1. The lowest BCUT2D eigenvalue weighted by Gasteiger charge is -2.28. The van der Waals surface area contributed by atoms with Crippen LogP contribution in [0.4, 0.5) is 17.1 Å². The number of carbonyl (C=O) groups excluding carboxylic acids is 1. The highest BCUT2D eigenvalue weighted by Gasteiger charge is 2.24. The highest BCUT2D eigenvalue weighted by Crippen LogP contribution is 2.41. The molecule has 5 heteroatoms. The molecule has 0 unspecified atom stereocenters. The summed E-state index contributed by atoms with van der Waals surface area (Å²) in [5, 5.41) is 3.45. The van der Waals surface area contributed by atoms with Gasteiger partial charge in [0.1, 0.15) is 0 Å². The van der Waals surface area contributed by atoms with E-state index in [0.717, 1.165) is 31.0 Å². The fourth-order valence-electron chi connectivity index (χ4n) is 4.91. The molecule has 0 radical (unpaired) electrons. The van der Waals surface area contributed by atoms with Crippen molar-refractivity contribution in [2.75, 3.05) is 30.9 Å². The summed E-state index contributed by atoms with van der Waals surface area (Å²) in [6.45, 7) is 0.764. The summed E-state index contributed by atoms with van der Waals surface area (Å²) >= 11 is 0. The first kappa shape index (κ1) is 21.5. The molecule has 1 fully saturated rings. The average Bonchev–Trinajstić information content (AvgIpc) is 3.72. The van der Waals surface area contributed by atoms with E-state index < -0.39 is 0 Å². The van der Waals surface area contributed by atoms with Gasteiger partial charge in [-0.05, 0) is 85.0 Å². The topological polar surface area (TPSA) is 54.5 Å². The minimum atomic E-state index is -0.346. The van der Waals surface area contributed by atoms with Crippen LogP contribution in [0, 0.1) is 0 Å². The third kappa shape index (κ3) is 4.58. The second-order valence-corrected chi connectivity index (χ2v) is 9.19. The second-order valence-electron chi connectivity index (χ2n) is 9.19. The number of carbonyl (C=O) groups is 1. The van der Waals surface area contributed by atoms with Crippen LogP contribution in [0.15, 0.2) is 60.9 Å². The highest BCUT2D eigenvalue weighted by atomic mass is 16.5. The Hall–Kier alpha value is -3.34. The molecule has 5 rings (SSSR count). The molecule has 33 heavy (non-hydrogen) atoms. The molecule has 2 aromatic carbocycles.